The first kappa shape index (κ1) is 13.2. The molecule has 20 heavy (non-hydrogen) atoms. The minimum absolute atomic E-state index is 0.183. The van der Waals surface area contributed by atoms with Gasteiger partial charge in [-0.2, -0.15) is 0 Å². The second-order valence-electron chi connectivity index (χ2n) is 5.08. The van der Waals surface area contributed by atoms with Crippen molar-refractivity contribution in [3.05, 3.63) is 18.2 Å². The third-order valence-corrected chi connectivity index (χ3v) is 3.64. The van der Waals surface area contributed by atoms with Crippen molar-refractivity contribution in [3.8, 4) is 11.5 Å². The Bertz CT molecular complexity index is 512. The Morgan fingerprint density at radius 2 is 1.80 bits per heavy atom. The van der Waals surface area contributed by atoms with E-state index in [4.69, 9.17) is 19.9 Å². The van der Waals surface area contributed by atoms with Crippen LogP contribution in [0.3, 0.4) is 0 Å². The zero-order valence-electron chi connectivity index (χ0n) is 11.2. The van der Waals surface area contributed by atoms with E-state index in [1.165, 1.54) is 0 Å². The number of nitrogens with one attached hydrogen (secondary N) is 1. The van der Waals surface area contributed by atoms with Crippen molar-refractivity contribution in [2.45, 2.75) is 18.4 Å². The van der Waals surface area contributed by atoms with Gasteiger partial charge in [-0.25, -0.2) is 0 Å². The van der Waals surface area contributed by atoms with E-state index in [0.29, 0.717) is 56.5 Å². The fraction of sp³-hybridized carbons (Fsp3) is 0.500. The molecule has 1 fully saturated rings. The largest absolute Gasteiger partial charge is 0.486 e. The SMILES string of the molecule is NC1(C(=O)Nc2ccc3c(c2)OCCO3)CCOCC1. The van der Waals surface area contributed by atoms with Crippen molar-refractivity contribution < 1.29 is 19.0 Å². The topological polar surface area (TPSA) is 82.8 Å². The third kappa shape index (κ3) is 2.57. The number of hydrogen-bond acceptors (Lipinski definition) is 5. The van der Waals surface area contributed by atoms with Gasteiger partial charge in [-0.15, -0.1) is 0 Å². The lowest BCUT2D eigenvalue weighted by atomic mass is 9.90. The van der Waals surface area contributed by atoms with Crippen LogP contribution < -0.4 is 20.5 Å². The monoisotopic (exact) mass is 278 g/mol. The first-order valence-corrected chi connectivity index (χ1v) is 6.75. The molecule has 0 unspecified atom stereocenters. The number of ether oxygens (including phenoxy) is 3. The summed E-state index contributed by atoms with van der Waals surface area (Å²) in [5, 5.41) is 2.85. The van der Waals surface area contributed by atoms with Crippen molar-refractivity contribution in [3.63, 3.8) is 0 Å². The predicted molar refractivity (Wildman–Crippen MR) is 73.0 cm³/mol. The van der Waals surface area contributed by atoms with Gasteiger partial charge in [0.2, 0.25) is 5.91 Å². The van der Waals surface area contributed by atoms with Crippen molar-refractivity contribution in [2.75, 3.05) is 31.7 Å². The summed E-state index contributed by atoms with van der Waals surface area (Å²) in [5.74, 6) is 1.16. The summed E-state index contributed by atoms with van der Waals surface area (Å²) in [6.45, 7) is 2.10. The number of anilines is 1. The summed E-state index contributed by atoms with van der Waals surface area (Å²) in [5.41, 5.74) is 5.95. The number of rotatable bonds is 2. The Labute approximate surface area is 117 Å². The number of hydrogen-bond donors (Lipinski definition) is 2. The molecular weight excluding hydrogens is 260 g/mol. The summed E-state index contributed by atoms with van der Waals surface area (Å²) in [6, 6.07) is 5.33. The van der Waals surface area contributed by atoms with Crippen LogP contribution in [0.2, 0.25) is 0 Å². The highest BCUT2D eigenvalue weighted by Crippen LogP contribution is 2.33. The minimum atomic E-state index is -0.856. The van der Waals surface area contributed by atoms with Crippen LogP contribution in [-0.2, 0) is 9.53 Å². The normalized spacial score (nSPS) is 20.2. The van der Waals surface area contributed by atoms with Gasteiger partial charge in [0.15, 0.2) is 11.5 Å². The van der Waals surface area contributed by atoms with E-state index in [1.54, 1.807) is 18.2 Å². The molecule has 2 aliphatic heterocycles. The Morgan fingerprint density at radius 3 is 2.55 bits per heavy atom. The summed E-state index contributed by atoms with van der Waals surface area (Å²) >= 11 is 0. The summed E-state index contributed by atoms with van der Waals surface area (Å²) in [6.07, 6.45) is 1.06. The van der Waals surface area contributed by atoms with Gasteiger partial charge in [-0.1, -0.05) is 0 Å². The molecule has 6 heteroatoms. The van der Waals surface area contributed by atoms with Crippen LogP contribution >= 0.6 is 0 Å². The van der Waals surface area contributed by atoms with E-state index in [9.17, 15) is 4.79 Å². The highest BCUT2D eigenvalue weighted by atomic mass is 16.6. The summed E-state index contributed by atoms with van der Waals surface area (Å²) in [4.78, 5) is 12.3. The van der Waals surface area contributed by atoms with Crippen LogP contribution in [0.15, 0.2) is 18.2 Å². The zero-order valence-corrected chi connectivity index (χ0v) is 11.2. The molecule has 0 aliphatic carbocycles. The number of nitrogens with two attached hydrogens (primary N) is 1. The molecule has 0 radical (unpaired) electrons. The predicted octanol–water partition coefficient (Wildman–Crippen LogP) is 0.904. The summed E-state index contributed by atoms with van der Waals surface area (Å²) < 4.78 is 16.2. The Kier molecular flexibility index (Phi) is 3.50. The molecule has 0 atom stereocenters. The van der Waals surface area contributed by atoms with E-state index in [2.05, 4.69) is 5.32 Å². The van der Waals surface area contributed by atoms with Crippen molar-refractivity contribution in [2.24, 2.45) is 5.73 Å². The molecule has 0 saturated carbocycles. The van der Waals surface area contributed by atoms with E-state index in [0.717, 1.165) is 0 Å². The first-order chi connectivity index (χ1) is 9.67. The number of fused-ring (bicyclic) bond motifs is 1. The smallest absolute Gasteiger partial charge is 0.244 e. The van der Waals surface area contributed by atoms with Gasteiger partial charge in [-0.05, 0) is 25.0 Å². The number of carbonyl (C=O) groups excluding carboxylic acids is 1. The van der Waals surface area contributed by atoms with Gasteiger partial charge in [0.25, 0.3) is 0 Å². The van der Waals surface area contributed by atoms with E-state index >= 15 is 0 Å². The standard InChI is InChI=1S/C14H18N2O4/c15-14(3-5-18-6-4-14)13(17)16-10-1-2-11-12(9-10)20-8-7-19-11/h1-2,9H,3-8,15H2,(H,16,17). The van der Waals surface area contributed by atoms with Crippen LogP contribution in [0.5, 0.6) is 11.5 Å². The Balaban J connectivity index is 1.72. The fourth-order valence-corrected chi connectivity index (χ4v) is 2.34. The molecule has 0 spiro atoms. The van der Waals surface area contributed by atoms with Crippen LogP contribution in [0.25, 0.3) is 0 Å². The van der Waals surface area contributed by atoms with Gasteiger partial charge >= 0.3 is 0 Å². The average molecular weight is 278 g/mol. The van der Waals surface area contributed by atoms with E-state index in [1.807, 2.05) is 0 Å². The van der Waals surface area contributed by atoms with Crippen LogP contribution in [0, 0.1) is 0 Å². The molecular formula is C14H18N2O4. The van der Waals surface area contributed by atoms with Gasteiger partial charge < -0.3 is 25.3 Å². The maximum atomic E-state index is 12.3. The molecule has 1 aromatic carbocycles. The average Bonchev–Trinajstić information content (AvgIpc) is 2.48. The molecule has 2 heterocycles. The molecule has 108 valence electrons. The Hall–Kier alpha value is -1.79. The molecule has 6 nitrogen and oxygen atoms in total. The molecule has 2 aliphatic rings. The van der Waals surface area contributed by atoms with Gasteiger partial charge in [0.05, 0.1) is 0 Å². The van der Waals surface area contributed by atoms with Crippen LogP contribution in [0.1, 0.15) is 12.8 Å². The van der Waals surface area contributed by atoms with Crippen LogP contribution in [-0.4, -0.2) is 37.9 Å². The van der Waals surface area contributed by atoms with Crippen molar-refractivity contribution >= 4 is 11.6 Å². The molecule has 3 rings (SSSR count). The second-order valence-corrected chi connectivity index (χ2v) is 5.08. The third-order valence-electron chi connectivity index (χ3n) is 3.64. The highest BCUT2D eigenvalue weighted by Gasteiger charge is 2.36. The Morgan fingerprint density at radius 1 is 1.10 bits per heavy atom. The van der Waals surface area contributed by atoms with Gasteiger partial charge in [-0.3, -0.25) is 4.79 Å². The molecule has 3 N–H and O–H groups in total. The first-order valence-electron chi connectivity index (χ1n) is 6.75. The van der Waals surface area contributed by atoms with Crippen LogP contribution in [0.4, 0.5) is 5.69 Å². The maximum Gasteiger partial charge on any atom is 0.244 e. The number of amides is 1. The fourth-order valence-electron chi connectivity index (χ4n) is 2.34. The number of carbonyl (C=O) groups is 1. The molecule has 1 aromatic rings. The molecule has 0 aromatic heterocycles. The van der Waals surface area contributed by atoms with Crippen molar-refractivity contribution in [1.29, 1.82) is 0 Å². The lowest BCUT2D eigenvalue weighted by Gasteiger charge is -2.31. The number of benzene rings is 1. The summed E-state index contributed by atoms with van der Waals surface area (Å²) in [7, 11) is 0. The van der Waals surface area contributed by atoms with Gasteiger partial charge in [0.1, 0.15) is 18.8 Å². The second kappa shape index (κ2) is 5.30. The highest BCUT2D eigenvalue weighted by molar-refractivity contribution is 5.98. The lowest BCUT2D eigenvalue weighted by Crippen LogP contribution is -2.54. The molecule has 1 saturated heterocycles. The molecule has 0 bridgehead atoms. The van der Waals surface area contributed by atoms with Crippen molar-refractivity contribution in [1.82, 2.24) is 0 Å². The van der Waals surface area contributed by atoms with E-state index < -0.39 is 5.54 Å². The quantitative estimate of drug-likeness (QED) is 0.840. The molecule has 1 amide bonds. The van der Waals surface area contributed by atoms with Gasteiger partial charge in [0, 0.05) is 25.0 Å². The minimum Gasteiger partial charge on any atom is -0.486 e. The van der Waals surface area contributed by atoms with E-state index in [-0.39, 0.29) is 5.91 Å². The lowest BCUT2D eigenvalue weighted by molar-refractivity contribution is -0.124. The zero-order chi connectivity index (χ0) is 14.0. The maximum absolute atomic E-state index is 12.3.